The fraction of sp³-hybridized carbons (Fsp3) is 0.250. The summed E-state index contributed by atoms with van der Waals surface area (Å²) in [5, 5.41) is 2.86. The average molecular weight is 298 g/mol. The smallest absolute Gasteiger partial charge is 0.249 e. The van der Waals surface area contributed by atoms with Gasteiger partial charge in [0.25, 0.3) is 0 Å². The zero-order valence-corrected chi connectivity index (χ0v) is 11.7. The minimum atomic E-state index is -0.551. The van der Waals surface area contributed by atoms with Gasteiger partial charge in [0.2, 0.25) is 11.8 Å². The summed E-state index contributed by atoms with van der Waals surface area (Å²) in [6, 6.07) is 5.24. The summed E-state index contributed by atoms with van der Waals surface area (Å²) in [5.41, 5.74) is 7.00. The van der Waals surface area contributed by atoms with Crippen LogP contribution in [-0.2, 0) is 9.59 Å². The van der Waals surface area contributed by atoms with Gasteiger partial charge in [0.15, 0.2) is 5.17 Å². The van der Waals surface area contributed by atoms with Crippen LogP contribution >= 0.6 is 23.4 Å². The summed E-state index contributed by atoms with van der Waals surface area (Å²) in [6.07, 6.45) is 0.0524. The summed E-state index contributed by atoms with van der Waals surface area (Å²) in [5.74, 6) is -0.658. The van der Waals surface area contributed by atoms with Gasteiger partial charge in [-0.05, 0) is 24.6 Å². The number of thioether (sulfide) groups is 1. The molecule has 0 saturated heterocycles. The molecule has 100 valence electrons. The topological polar surface area (TPSA) is 84.5 Å². The van der Waals surface area contributed by atoms with Crippen molar-refractivity contribution < 1.29 is 9.59 Å². The molecule has 0 aliphatic carbocycles. The predicted molar refractivity (Wildman–Crippen MR) is 77.4 cm³/mol. The number of amidine groups is 1. The normalized spacial score (nSPS) is 18.9. The molecule has 1 atom stereocenters. The number of aliphatic imine (C=N–C) groups is 1. The summed E-state index contributed by atoms with van der Waals surface area (Å²) in [7, 11) is 0. The van der Waals surface area contributed by atoms with Crippen LogP contribution in [0.5, 0.6) is 0 Å². The van der Waals surface area contributed by atoms with E-state index in [1.54, 1.807) is 12.1 Å². The molecule has 3 N–H and O–H groups in total. The molecule has 1 aromatic rings. The number of benzene rings is 1. The van der Waals surface area contributed by atoms with Crippen molar-refractivity contribution in [2.24, 2.45) is 10.7 Å². The Morgan fingerprint density at radius 1 is 1.58 bits per heavy atom. The molecule has 2 amide bonds. The van der Waals surface area contributed by atoms with Crippen LogP contribution in [0.25, 0.3) is 0 Å². The lowest BCUT2D eigenvalue weighted by Gasteiger charge is -2.18. The first-order chi connectivity index (χ1) is 8.95. The van der Waals surface area contributed by atoms with Gasteiger partial charge in [0.1, 0.15) is 5.25 Å². The van der Waals surface area contributed by atoms with Crippen molar-refractivity contribution in [2.45, 2.75) is 18.6 Å². The van der Waals surface area contributed by atoms with Gasteiger partial charge in [0, 0.05) is 10.7 Å². The third-order valence-electron chi connectivity index (χ3n) is 2.59. The maximum absolute atomic E-state index is 12.0. The van der Waals surface area contributed by atoms with E-state index in [0.717, 1.165) is 17.3 Å². The minimum Gasteiger partial charge on any atom is -0.378 e. The molecule has 0 saturated carbocycles. The number of nitrogens with two attached hydrogens (primary N) is 1. The van der Waals surface area contributed by atoms with Crippen LogP contribution < -0.4 is 11.1 Å². The molecule has 0 radical (unpaired) electrons. The monoisotopic (exact) mass is 297 g/mol. The Morgan fingerprint density at radius 3 is 2.95 bits per heavy atom. The Kier molecular flexibility index (Phi) is 4.11. The number of halogens is 1. The predicted octanol–water partition coefficient (Wildman–Crippen LogP) is 1.93. The Hall–Kier alpha value is -1.53. The second-order valence-corrected chi connectivity index (χ2v) is 5.74. The van der Waals surface area contributed by atoms with Crippen LogP contribution in [0.3, 0.4) is 0 Å². The summed E-state index contributed by atoms with van der Waals surface area (Å²) in [4.78, 5) is 26.8. The van der Waals surface area contributed by atoms with Crippen molar-refractivity contribution in [2.75, 3.05) is 5.32 Å². The largest absolute Gasteiger partial charge is 0.378 e. The van der Waals surface area contributed by atoms with Crippen LogP contribution in [0.1, 0.15) is 12.0 Å². The first kappa shape index (κ1) is 13.9. The lowest BCUT2D eigenvalue weighted by Crippen LogP contribution is -2.33. The van der Waals surface area contributed by atoms with E-state index in [9.17, 15) is 9.59 Å². The first-order valence-electron chi connectivity index (χ1n) is 5.56. The van der Waals surface area contributed by atoms with Gasteiger partial charge in [-0.25, -0.2) is 0 Å². The number of carbonyl (C=O) groups excluding carboxylic acids is 2. The number of hydrogen-bond acceptors (Lipinski definition) is 4. The highest BCUT2D eigenvalue weighted by Crippen LogP contribution is 2.24. The first-order valence-corrected chi connectivity index (χ1v) is 6.82. The molecule has 1 aromatic carbocycles. The zero-order valence-electron chi connectivity index (χ0n) is 10.1. The lowest BCUT2D eigenvalue weighted by molar-refractivity contribution is -0.121. The SMILES string of the molecule is Cc1ccc(NC(=O)[C@H]2CC(=O)N=C(N)S2)cc1Cl. The Labute approximate surface area is 119 Å². The van der Waals surface area contributed by atoms with Gasteiger partial charge < -0.3 is 11.1 Å². The van der Waals surface area contributed by atoms with E-state index < -0.39 is 5.25 Å². The van der Waals surface area contributed by atoms with Gasteiger partial charge in [-0.2, -0.15) is 4.99 Å². The van der Waals surface area contributed by atoms with E-state index in [2.05, 4.69) is 10.3 Å². The van der Waals surface area contributed by atoms with Crippen LogP contribution in [0, 0.1) is 6.92 Å². The zero-order chi connectivity index (χ0) is 14.0. The summed E-state index contributed by atoms with van der Waals surface area (Å²) >= 11 is 7.07. The van der Waals surface area contributed by atoms with Gasteiger partial charge in [0.05, 0.1) is 6.42 Å². The van der Waals surface area contributed by atoms with Gasteiger partial charge in [-0.3, -0.25) is 9.59 Å². The van der Waals surface area contributed by atoms with Crippen molar-refractivity contribution >= 4 is 46.0 Å². The average Bonchev–Trinajstić information content (AvgIpc) is 2.32. The minimum absolute atomic E-state index is 0.0524. The van der Waals surface area contributed by atoms with E-state index >= 15 is 0 Å². The summed E-state index contributed by atoms with van der Waals surface area (Å²) < 4.78 is 0. The van der Waals surface area contributed by atoms with Crippen LogP contribution in [0.2, 0.25) is 5.02 Å². The number of carbonyl (C=O) groups is 2. The molecular weight excluding hydrogens is 286 g/mol. The molecule has 0 fully saturated rings. The van der Waals surface area contributed by atoms with Crippen molar-refractivity contribution in [1.29, 1.82) is 0 Å². The molecule has 0 spiro atoms. The fourth-order valence-electron chi connectivity index (χ4n) is 1.58. The van der Waals surface area contributed by atoms with Gasteiger partial charge in [-0.15, -0.1) is 0 Å². The van der Waals surface area contributed by atoms with E-state index in [0.29, 0.717) is 10.7 Å². The second-order valence-electron chi connectivity index (χ2n) is 4.11. The molecule has 0 bridgehead atoms. The standard InChI is InChI=1S/C12H12ClN3O2S/c1-6-2-3-7(4-8(6)13)15-11(18)9-5-10(17)16-12(14)19-9/h2-4,9H,5H2,1H3,(H,15,18)(H2,14,16,17)/t9-/m1/s1. The number of hydrogen-bond donors (Lipinski definition) is 2. The molecular formula is C12H12ClN3O2S. The maximum Gasteiger partial charge on any atom is 0.249 e. The van der Waals surface area contributed by atoms with E-state index in [4.69, 9.17) is 17.3 Å². The number of anilines is 1. The molecule has 1 aliphatic rings. The molecule has 1 aliphatic heterocycles. The van der Waals surface area contributed by atoms with Crippen molar-refractivity contribution in [3.8, 4) is 0 Å². The second kappa shape index (κ2) is 5.63. The summed E-state index contributed by atoms with van der Waals surface area (Å²) in [6.45, 7) is 1.88. The number of nitrogens with one attached hydrogen (secondary N) is 1. The molecule has 5 nitrogen and oxygen atoms in total. The third-order valence-corrected chi connectivity index (χ3v) is 3.99. The number of nitrogens with zero attached hydrogens (tertiary/aromatic N) is 1. The molecule has 1 heterocycles. The van der Waals surface area contributed by atoms with Gasteiger partial charge in [-0.1, -0.05) is 29.4 Å². The number of aryl methyl sites for hydroxylation is 1. The number of amides is 2. The number of rotatable bonds is 2. The molecule has 0 unspecified atom stereocenters. The molecule has 19 heavy (non-hydrogen) atoms. The van der Waals surface area contributed by atoms with E-state index in [-0.39, 0.29) is 23.4 Å². The van der Waals surface area contributed by atoms with E-state index in [1.807, 2.05) is 13.0 Å². The van der Waals surface area contributed by atoms with Crippen molar-refractivity contribution in [1.82, 2.24) is 0 Å². The fourth-order valence-corrected chi connectivity index (χ4v) is 2.60. The highest BCUT2D eigenvalue weighted by Gasteiger charge is 2.27. The molecule has 7 heteroatoms. The highest BCUT2D eigenvalue weighted by atomic mass is 35.5. The van der Waals surface area contributed by atoms with Crippen LogP contribution in [-0.4, -0.2) is 22.2 Å². The van der Waals surface area contributed by atoms with Crippen molar-refractivity contribution in [3.05, 3.63) is 28.8 Å². The third kappa shape index (κ3) is 3.48. The van der Waals surface area contributed by atoms with Crippen molar-refractivity contribution in [3.63, 3.8) is 0 Å². The quantitative estimate of drug-likeness (QED) is 0.873. The van der Waals surface area contributed by atoms with Crippen LogP contribution in [0.4, 0.5) is 5.69 Å². The maximum atomic E-state index is 12.0. The Balaban J connectivity index is 2.07. The lowest BCUT2D eigenvalue weighted by atomic mass is 10.2. The molecule has 0 aromatic heterocycles. The molecule has 2 rings (SSSR count). The Morgan fingerprint density at radius 2 is 2.32 bits per heavy atom. The van der Waals surface area contributed by atoms with Gasteiger partial charge >= 0.3 is 0 Å². The Bertz CT molecular complexity index is 574. The van der Waals surface area contributed by atoms with Crippen LogP contribution in [0.15, 0.2) is 23.2 Å². The highest BCUT2D eigenvalue weighted by molar-refractivity contribution is 8.15. The van der Waals surface area contributed by atoms with E-state index in [1.165, 1.54) is 0 Å².